The van der Waals surface area contributed by atoms with Gasteiger partial charge in [0, 0.05) is 26.3 Å². The van der Waals surface area contributed by atoms with E-state index in [1.165, 1.54) is 7.05 Å². The van der Waals surface area contributed by atoms with E-state index in [9.17, 15) is 19.5 Å². The van der Waals surface area contributed by atoms with Crippen LogP contribution in [-0.4, -0.2) is 77.5 Å². The van der Waals surface area contributed by atoms with Gasteiger partial charge in [-0.1, -0.05) is 50.2 Å². The number of esters is 1. The summed E-state index contributed by atoms with van der Waals surface area (Å²) >= 11 is 0. The molecule has 1 aliphatic heterocycles. The third-order valence-corrected chi connectivity index (χ3v) is 7.02. The third-order valence-electron chi connectivity index (χ3n) is 7.02. The van der Waals surface area contributed by atoms with Crippen molar-refractivity contribution in [3.05, 3.63) is 59.8 Å². The Morgan fingerprint density at radius 3 is 2.24 bits per heavy atom. The van der Waals surface area contributed by atoms with E-state index >= 15 is 0 Å². The van der Waals surface area contributed by atoms with E-state index < -0.39 is 35.1 Å². The van der Waals surface area contributed by atoms with E-state index in [1.54, 1.807) is 27.0 Å². The molecule has 1 aliphatic rings. The summed E-state index contributed by atoms with van der Waals surface area (Å²) in [5.74, 6) is -2.68. The van der Waals surface area contributed by atoms with Crippen LogP contribution in [0.25, 0.3) is 0 Å². The summed E-state index contributed by atoms with van der Waals surface area (Å²) < 4.78 is 16.7. The molecular formula is C31H43N3O7. The predicted molar refractivity (Wildman–Crippen MR) is 155 cm³/mol. The quantitative estimate of drug-likeness (QED) is 0.389. The van der Waals surface area contributed by atoms with Gasteiger partial charge in [0.05, 0.1) is 19.1 Å². The zero-order chi connectivity index (χ0) is 30.2. The van der Waals surface area contributed by atoms with Gasteiger partial charge in [0.25, 0.3) is 0 Å². The van der Waals surface area contributed by atoms with Crippen LogP contribution in [0.3, 0.4) is 0 Å². The number of aliphatic carboxylic acids is 1. The largest absolute Gasteiger partial charge is 0.479 e. The number of pyridine rings is 1. The maximum Gasteiger partial charge on any atom is 0.411 e. The van der Waals surface area contributed by atoms with E-state index in [0.717, 1.165) is 29.4 Å². The molecule has 10 nitrogen and oxygen atoms in total. The number of carbonyl (C=O) groups is 3. The van der Waals surface area contributed by atoms with Gasteiger partial charge >= 0.3 is 18.0 Å². The summed E-state index contributed by atoms with van der Waals surface area (Å²) in [5.41, 5.74) is -1.40. The molecule has 0 spiro atoms. The number of nitrogens with zero attached hydrogens (tertiary/aromatic N) is 3. The molecule has 1 amide bonds. The van der Waals surface area contributed by atoms with Gasteiger partial charge in [-0.3, -0.25) is 9.69 Å². The molecule has 0 aliphatic carbocycles. The molecule has 1 N–H and O–H groups in total. The number of morpholine rings is 1. The van der Waals surface area contributed by atoms with Crippen molar-refractivity contribution in [1.29, 1.82) is 0 Å². The first-order valence-corrected chi connectivity index (χ1v) is 14.0. The van der Waals surface area contributed by atoms with Crippen molar-refractivity contribution in [1.82, 2.24) is 9.88 Å². The number of benzene rings is 1. The summed E-state index contributed by atoms with van der Waals surface area (Å²) in [5, 5.41) is 10.8. The average molecular weight is 570 g/mol. The Kier molecular flexibility index (Phi) is 10.7. The Labute approximate surface area is 242 Å². The highest BCUT2D eigenvalue weighted by molar-refractivity contribution is 5.91. The van der Waals surface area contributed by atoms with Crippen LogP contribution >= 0.6 is 0 Å². The maximum absolute atomic E-state index is 13.9. The predicted octanol–water partition coefficient (Wildman–Crippen LogP) is 4.56. The fourth-order valence-corrected chi connectivity index (χ4v) is 5.04. The molecule has 41 heavy (non-hydrogen) atoms. The summed E-state index contributed by atoms with van der Waals surface area (Å²) in [6.07, 6.45) is 0.818. The van der Waals surface area contributed by atoms with Crippen molar-refractivity contribution in [2.45, 2.75) is 65.2 Å². The Morgan fingerprint density at radius 1 is 1.05 bits per heavy atom. The smallest absolute Gasteiger partial charge is 0.411 e. The Hall–Kier alpha value is -3.66. The highest BCUT2D eigenvalue weighted by Gasteiger charge is 2.56. The third kappa shape index (κ3) is 8.42. The van der Waals surface area contributed by atoms with Crippen LogP contribution in [0.2, 0.25) is 0 Å². The lowest BCUT2D eigenvalue weighted by atomic mass is 9.73. The van der Waals surface area contributed by atoms with E-state index in [4.69, 9.17) is 14.2 Å². The Morgan fingerprint density at radius 2 is 1.71 bits per heavy atom. The minimum atomic E-state index is -1.95. The van der Waals surface area contributed by atoms with Gasteiger partial charge in [0.15, 0.2) is 5.54 Å². The number of hydrogen-bond acceptors (Lipinski definition) is 8. The lowest BCUT2D eigenvalue weighted by molar-refractivity contribution is -0.169. The minimum absolute atomic E-state index is 0.00245. The molecular weight excluding hydrogens is 526 g/mol. The highest BCUT2D eigenvalue weighted by Crippen LogP contribution is 2.37. The molecule has 3 rings (SSSR count). The monoisotopic (exact) mass is 569 g/mol. The topological polar surface area (TPSA) is 118 Å². The molecule has 224 valence electrons. The van der Waals surface area contributed by atoms with Crippen LogP contribution < -0.4 is 4.90 Å². The molecule has 10 heteroatoms. The summed E-state index contributed by atoms with van der Waals surface area (Å²) in [6.45, 7) is 11.5. The molecule has 1 aromatic carbocycles. The molecule has 1 aromatic heterocycles. The fourth-order valence-electron chi connectivity index (χ4n) is 5.04. The standard InChI is InChI=1S/C31H43N3O7/c1-22(2)19-31(28(36)37,33(6)29(38)41-30(3,4)5)25(27(35)40-21-23-10-8-7-9-11-23)18-24-12-13-26(32-20-24)34-14-16-39-17-15-34/h7-13,20,22,25H,14-19,21H2,1-6H3,(H,36,37)/t25-,31-/m0/s1. The zero-order valence-corrected chi connectivity index (χ0v) is 25.0. The number of carboxylic acids is 1. The molecule has 0 saturated carbocycles. The Bertz CT molecular complexity index is 1160. The van der Waals surface area contributed by atoms with Gasteiger partial charge in [0.2, 0.25) is 0 Å². The molecule has 0 bridgehead atoms. The van der Waals surface area contributed by atoms with Gasteiger partial charge in [-0.2, -0.15) is 0 Å². The average Bonchev–Trinajstić information content (AvgIpc) is 2.93. The molecule has 1 saturated heterocycles. The number of rotatable bonds is 11. The maximum atomic E-state index is 13.9. The lowest BCUT2D eigenvalue weighted by Crippen LogP contribution is -2.63. The number of ether oxygens (including phenoxy) is 3. The van der Waals surface area contributed by atoms with Gasteiger partial charge in [0.1, 0.15) is 18.0 Å². The van der Waals surface area contributed by atoms with Gasteiger partial charge in [-0.15, -0.1) is 0 Å². The van der Waals surface area contributed by atoms with Crippen molar-refractivity contribution in [3.8, 4) is 0 Å². The van der Waals surface area contributed by atoms with Crippen molar-refractivity contribution in [2.24, 2.45) is 11.8 Å². The summed E-state index contributed by atoms with van der Waals surface area (Å²) in [7, 11) is 1.38. The second-order valence-corrected chi connectivity index (χ2v) is 11.8. The van der Waals surface area contributed by atoms with Crippen LogP contribution in [0.1, 0.15) is 52.2 Å². The number of likely N-dealkylation sites (N-methyl/N-ethyl adjacent to an activating group) is 1. The molecule has 0 unspecified atom stereocenters. The zero-order valence-electron chi connectivity index (χ0n) is 25.0. The summed E-state index contributed by atoms with van der Waals surface area (Å²) in [4.78, 5) is 48.2. The Balaban J connectivity index is 2.02. The van der Waals surface area contributed by atoms with Crippen LogP contribution in [0.15, 0.2) is 48.7 Å². The number of amides is 1. The van der Waals surface area contributed by atoms with E-state index in [-0.39, 0.29) is 25.4 Å². The number of aromatic nitrogens is 1. The van der Waals surface area contributed by atoms with Gasteiger partial charge in [-0.05, 0) is 56.7 Å². The molecule has 2 atom stereocenters. The van der Waals surface area contributed by atoms with Gasteiger partial charge in [-0.25, -0.2) is 14.6 Å². The highest BCUT2D eigenvalue weighted by atomic mass is 16.6. The normalized spacial score (nSPS) is 16.0. The molecule has 2 aromatic rings. The number of carboxylic acid groups (broad SMARTS) is 1. The van der Waals surface area contributed by atoms with Crippen molar-refractivity contribution in [2.75, 3.05) is 38.3 Å². The van der Waals surface area contributed by atoms with Crippen molar-refractivity contribution in [3.63, 3.8) is 0 Å². The SMILES string of the molecule is CC(C)C[C@@](C(=O)O)([C@@H](Cc1ccc(N2CCOCC2)nc1)C(=O)OCc1ccccc1)N(C)C(=O)OC(C)(C)C. The summed E-state index contributed by atoms with van der Waals surface area (Å²) in [6, 6.07) is 12.9. The molecule has 1 fully saturated rings. The second kappa shape index (κ2) is 13.8. The number of anilines is 1. The van der Waals surface area contributed by atoms with Gasteiger partial charge < -0.3 is 24.2 Å². The van der Waals surface area contributed by atoms with E-state index in [0.29, 0.717) is 18.8 Å². The van der Waals surface area contributed by atoms with E-state index in [2.05, 4.69) is 9.88 Å². The van der Waals surface area contributed by atoms with E-state index in [1.807, 2.05) is 56.3 Å². The second-order valence-electron chi connectivity index (χ2n) is 11.8. The first-order chi connectivity index (χ1) is 19.3. The van der Waals surface area contributed by atoms with Crippen LogP contribution in [-0.2, 0) is 36.8 Å². The van der Waals surface area contributed by atoms with Crippen LogP contribution in [0, 0.1) is 11.8 Å². The number of hydrogen-bond donors (Lipinski definition) is 1. The number of carbonyl (C=O) groups excluding carboxylic acids is 2. The van der Waals surface area contributed by atoms with Crippen LogP contribution in [0.5, 0.6) is 0 Å². The fraction of sp³-hybridized carbons (Fsp3) is 0.548. The van der Waals surface area contributed by atoms with Crippen LogP contribution in [0.4, 0.5) is 10.6 Å². The minimum Gasteiger partial charge on any atom is -0.479 e. The first-order valence-electron chi connectivity index (χ1n) is 14.0. The van der Waals surface area contributed by atoms with Crippen molar-refractivity contribution < 1.29 is 33.7 Å². The molecule has 2 heterocycles. The lowest BCUT2D eigenvalue weighted by Gasteiger charge is -2.44. The van der Waals surface area contributed by atoms with Crippen molar-refractivity contribution >= 4 is 23.8 Å². The molecule has 0 radical (unpaired) electrons. The first kappa shape index (κ1) is 31.9.